The van der Waals surface area contributed by atoms with E-state index in [1.165, 1.54) is 6.42 Å². The Balaban J connectivity index is 2.31. The number of hydrogen-bond acceptors (Lipinski definition) is 3. The third-order valence-corrected chi connectivity index (χ3v) is 3.03. The Morgan fingerprint density at radius 2 is 2.50 bits per heavy atom. The maximum atomic E-state index is 5.95. The molecule has 0 aliphatic carbocycles. The summed E-state index contributed by atoms with van der Waals surface area (Å²) in [6.45, 7) is 4.87. The highest BCUT2D eigenvalue weighted by molar-refractivity contribution is 8.14. The van der Waals surface area contributed by atoms with E-state index in [0.29, 0.717) is 0 Å². The monoisotopic (exact) mass is 207 g/mol. The third kappa shape index (κ3) is 3.23. The van der Waals surface area contributed by atoms with Gasteiger partial charge in [0.1, 0.15) is 0 Å². The Morgan fingerprint density at radius 1 is 1.75 bits per heavy atom. The lowest BCUT2D eigenvalue weighted by Gasteiger charge is -2.11. The molecule has 0 aromatic carbocycles. The van der Waals surface area contributed by atoms with E-state index in [1.54, 1.807) is 11.8 Å². The molecule has 1 heterocycles. The van der Waals surface area contributed by atoms with Crippen LogP contribution < -0.4 is 0 Å². The van der Waals surface area contributed by atoms with E-state index in [1.807, 2.05) is 6.92 Å². The van der Waals surface area contributed by atoms with Crippen molar-refractivity contribution < 1.29 is 4.74 Å². The average molecular weight is 208 g/mol. The van der Waals surface area contributed by atoms with Gasteiger partial charge in [0.2, 0.25) is 5.23 Å². The molecule has 70 valence electrons. The lowest BCUT2D eigenvalue weighted by molar-refractivity contribution is 0.207. The van der Waals surface area contributed by atoms with Gasteiger partial charge >= 0.3 is 0 Å². The lowest BCUT2D eigenvalue weighted by Crippen LogP contribution is -2.17. The summed E-state index contributed by atoms with van der Waals surface area (Å²) in [5.74, 6) is 0.791. The molecule has 0 N–H and O–H groups in total. The number of alkyl halides is 1. The first kappa shape index (κ1) is 10.2. The minimum Gasteiger partial charge on any atom is -0.450 e. The van der Waals surface area contributed by atoms with Gasteiger partial charge in [-0.25, -0.2) is 4.99 Å². The molecular weight excluding hydrogens is 194 g/mol. The van der Waals surface area contributed by atoms with Gasteiger partial charge < -0.3 is 4.74 Å². The first-order chi connectivity index (χ1) is 5.64. The fourth-order valence-corrected chi connectivity index (χ4v) is 1.99. The second-order valence-corrected chi connectivity index (χ2v) is 4.72. The van der Waals surface area contributed by atoms with Crippen LogP contribution in [0.2, 0.25) is 0 Å². The zero-order chi connectivity index (χ0) is 9.03. The van der Waals surface area contributed by atoms with Crippen LogP contribution in [0.4, 0.5) is 0 Å². The van der Waals surface area contributed by atoms with Gasteiger partial charge in [-0.2, -0.15) is 0 Å². The van der Waals surface area contributed by atoms with Crippen molar-refractivity contribution in [2.24, 2.45) is 4.99 Å². The molecule has 1 atom stereocenters. The molecular formula is C8H14ClNOS. The predicted molar refractivity (Wildman–Crippen MR) is 55.0 cm³/mol. The summed E-state index contributed by atoms with van der Waals surface area (Å²) in [7, 11) is 0. The molecule has 2 nitrogen and oxygen atoms in total. The topological polar surface area (TPSA) is 21.6 Å². The van der Waals surface area contributed by atoms with Crippen molar-refractivity contribution in [3.63, 3.8) is 0 Å². The first-order valence-corrected chi connectivity index (χ1v) is 5.55. The van der Waals surface area contributed by atoms with Crippen LogP contribution in [0.5, 0.6) is 0 Å². The van der Waals surface area contributed by atoms with Crippen LogP contribution in [0.15, 0.2) is 4.99 Å². The van der Waals surface area contributed by atoms with Crippen LogP contribution >= 0.6 is 23.4 Å². The molecule has 1 rings (SSSR count). The highest BCUT2D eigenvalue weighted by Crippen LogP contribution is 2.32. The van der Waals surface area contributed by atoms with E-state index in [9.17, 15) is 0 Å². The Kier molecular flexibility index (Phi) is 3.72. The van der Waals surface area contributed by atoms with Gasteiger partial charge in [-0.15, -0.1) is 0 Å². The number of aliphatic imine (C=N–C) groups is 1. The first-order valence-electron chi connectivity index (χ1n) is 4.19. The van der Waals surface area contributed by atoms with Crippen molar-refractivity contribution in [3.05, 3.63) is 0 Å². The van der Waals surface area contributed by atoms with Crippen molar-refractivity contribution in [3.8, 4) is 0 Å². The van der Waals surface area contributed by atoms with Gasteiger partial charge in [0.05, 0.1) is 5.75 Å². The van der Waals surface area contributed by atoms with E-state index in [4.69, 9.17) is 16.3 Å². The van der Waals surface area contributed by atoms with Crippen LogP contribution in [-0.4, -0.2) is 22.6 Å². The number of rotatable bonds is 3. The molecule has 1 aliphatic heterocycles. The number of halogens is 1. The van der Waals surface area contributed by atoms with Gasteiger partial charge in [-0.05, 0) is 13.3 Å². The minimum absolute atomic E-state index is 0.532. The molecule has 0 aromatic rings. The van der Waals surface area contributed by atoms with Crippen molar-refractivity contribution in [1.29, 1.82) is 0 Å². The molecule has 1 fully saturated rings. The molecule has 1 saturated heterocycles. The van der Waals surface area contributed by atoms with Gasteiger partial charge in [0.25, 0.3) is 0 Å². The maximum Gasteiger partial charge on any atom is 0.247 e. The molecule has 4 heteroatoms. The summed E-state index contributed by atoms with van der Waals surface area (Å²) in [5, 5.41) is 0.219. The summed E-state index contributed by atoms with van der Waals surface area (Å²) in [5.41, 5.74) is 0. The summed E-state index contributed by atoms with van der Waals surface area (Å²) in [4.78, 5) is 4.28. The summed E-state index contributed by atoms with van der Waals surface area (Å²) >= 11 is 7.55. The highest BCUT2D eigenvalue weighted by atomic mass is 35.5. The Bertz CT molecular complexity index is 182. The van der Waals surface area contributed by atoms with Gasteiger partial charge in [0, 0.05) is 6.54 Å². The molecule has 0 bridgehead atoms. The van der Waals surface area contributed by atoms with Gasteiger partial charge in [-0.1, -0.05) is 36.7 Å². The van der Waals surface area contributed by atoms with Crippen LogP contribution in [0.25, 0.3) is 0 Å². The van der Waals surface area contributed by atoms with Gasteiger partial charge in [-0.3, -0.25) is 0 Å². The lowest BCUT2D eigenvalue weighted by atomic mass is 10.3. The molecule has 0 aromatic heterocycles. The highest BCUT2D eigenvalue weighted by Gasteiger charge is 2.32. The van der Waals surface area contributed by atoms with Crippen molar-refractivity contribution in [2.75, 3.05) is 12.3 Å². The number of thioether (sulfide) groups is 1. The molecule has 1 aliphatic rings. The minimum atomic E-state index is -0.532. The SMILES string of the molecule is CCCCN=C1OC(C)(Cl)CS1. The number of ether oxygens (including phenoxy) is 1. The normalized spacial score (nSPS) is 32.4. The van der Waals surface area contributed by atoms with E-state index >= 15 is 0 Å². The average Bonchev–Trinajstić information content (AvgIpc) is 2.31. The van der Waals surface area contributed by atoms with Crippen LogP contribution in [-0.2, 0) is 4.74 Å². The van der Waals surface area contributed by atoms with E-state index in [-0.39, 0.29) is 0 Å². The Hall–Kier alpha value is 0.110. The Labute approximate surface area is 82.7 Å². The molecule has 0 saturated carbocycles. The summed E-state index contributed by atoms with van der Waals surface area (Å²) in [6.07, 6.45) is 2.28. The fraction of sp³-hybridized carbons (Fsp3) is 0.875. The number of hydrogen-bond donors (Lipinski definition) is 0. The van der Waals surface area contributed by atoms with Crippen LogP contribution in [0.3, 0.4) is 0 Å². The van der Waals surface area contributed by atoms with Gasteiger partial charge in [0.15, 0.2) is 5.06 Å². The largest absolute Gasteiger partial charge is 0.450 e. The van der Waals surface area contributed by atoms with Crippen LogP contribution in [0.1, 0.15) is 26.7 Å². The number of nitrogens with zero attached hydrogens (tertiary/aromatic N) is 1. The van der Waals surface area contributed by atoms with Crippen molar-refractivity contribution in [2.45, 2.75) is 31.7 Å². The standard InChI is InChI=1S/C8H14ClNOS/c1-3-4-5-10-7-11-8(2,9)6-12-7/h3-6H2,1-2H3. The molecule has 12 heavy (non-hydrogen) atoms. The van der Waals surface area contributed by atoms with Crippen molar-refractivity contribution >= 4 is 28.6 Å². The second kappa shape index (κ2) is 4.38. The maximum absolute atomic E-state index is 5.95. The quantitative estimate of drug-likeness (QED) is 0.525. The van der Waals surface area contributed by atoms with E-state index in [0.717, 1.165) is 23.9 Å². The summed E-state index contributed by atoms with van der Waals surface area (Å²) in [6, 6.07) is 0. The molecule has 0 amide bonds. The zero-order valence-corrected chi connectivity index (χ0v) is 9.04. The predicted octanol–water partition coefficient (Wildman–Crippen LogP) is 2.86. The summed E-state index contributed by atoms with van der Waals surface area (Å²) < 4.78 is 5.37. The molecule has 1 unspecified atom stereocenters. The third-order valence-electron chi connectivity index (χ3n) is 1.51. The number of unbranched alkanes of at least 4 members (excludes halogenated alkanes) is 1. The van der Waals surface area contributed by atoms with Crippen molar-refractivity contribution in [1.82, 2.24) is 0 Å². The zero-order valence-electron chi connectivity index (χ0n) is 7.47. The second-order valence-electron chi connectivity index (χ2n) is 2.99. The Morgan fingerprint density at radius 3 is 3.00 bits per heavy atom. The molecule has 0 spiro atoms. The fourth-order valence-electron chi connectivity index (χ4n) is 0.838. The molecule has 0 radical (unpaired) electrons. The van der Waals surface area contributed by atoms with Crippen LogP contribution in [0, 0.1) is 0 Å². The van der Waals surface area contributed by atoms with E-state index in [2.05, 4.69) is 11.9 Å². The smallest absolute Gasteiger partial charge is 0.247 e. The van der Waals surface area contributed by atoms with E-state index < -0.39 is 5.06 Å².